The van der Waals surface area contributed by atoms with Crippen LogP contribution in [0.4, 0.5) is 4.79 Å². The summed E-state index contributed by atoms with van der Waals surface area (Å²) in [5.41, 5.74) is 0. The van der Waals surface area contributed by atoms with Crippen LogP contribution in [0.1, 0.15) is 34.1 Å². The zero-order valence-corrected chi connectivity index (χ0v) is 10.6. The third-order valence-electron chi connectivity index (χ3n) is 2.88. The van der Waals surface area contributed by atoms with Gasteiger partial charge in [-0.05, 0) is 12.3 Å². The Balaban J connectivity index is 2.47. The van der Waals surface area contributed by atoms with Crippen LogP contribution in [0.15, 0.2) is 0 Å². The summed E-state index contributed by atoms with van der Waals surface area (Å²) in [4.78, 5) is 25.1. The van der Waals surface area contributed by atoms with E-state index in [2.05, 4.69) is 19.2 Å². The molecule has 0 aromatic carbocycles. The molecule has 2 amide bonds. The molecular weight excluding hydrogens is 204 g/mol. The summed E-state index contributed by atoms with van der Waals surface area (Å²) in [7, 11) is 0. The number of urea groups is 1. The monoisotopic (exact) mass is 226 g/mol. The smallest absolute Gasteiger partial charge is 0.318 e. The Labute approximate surface area is 97.4 Å². The fourth-order valence-corrected chi connectivity index (χ4v) is 1.76. The Bertz CT molecular complexity index is 274. The van der Waals surface area contributed by atoms with E-state index in [-0.39, 0.29) is 23.8 Å². The predicted octanol–water partition coefficient (Wildman–Crippen LogP) is 1.65. The number of hydrogen-bond donors (Lipinski definition) is 1. The summed E-state index contributed by atoms with van der Waals surface area (Å²) >= 11 is 0. The Morgan fingerprint density at radius 3 is 2.56 bits per heavy atom. The van der Waals surface area contributed by atoms with E-state index in [0.29, 0.717) is 12.5 Å². The average Bonchev–Trinajstić information content (AvgIpc) is 2.55. The number of nitrogens with one attached hydrogen (secondary N) is 1. The second kappa shape index (κ2) is 5.32. The van der Waals surface area contributed by atoms with Gasteiger partial charge in [0.2, 0.25) is 0 Å². The number of carbonyl (C=O) groups excluding carboxylic acids is 2. The fourth-order valence-electron chi connectivity index (χ4n) is 1.76. The highest BCUT2D eigenvalue weighted by molar-refractivity contribution is 5.92. The lowest BCUT2D eigenvalue weighted by Gasteiger charge is -2.16. The Morgan fingerprint density at radius 1 is 1.44 bits per heavy atom. The van der Waals surface area contributed by atoms with Gasteiger partial charge in [-0.2, -0.15) is 0 Å². The minimum Gasteiger partial charge on any atom is -0.326 e. The van der Waals surface area contributed by atoms with E-state index in [1.54, 1.807) is 4.90 Å². The second-order valence-corrected chi connectivity index (χ2v) is 5.19. The van der Waals surface area contributed by atoms with E-state index in [1.165, 1.54) is 0 Å². The molecule has 1 atom stereocenters. The maximum Gasteiger partial charge on any atom is 0.318 e. The summed E-state index contributed by atoms with van der Waals surface area (Å²) in [5, 5.41) is 2.75. The fraction of sp³-hybridized carbons (Fsp3) is 0.833. The van der Waals surface area contributed by atoms with Crippen molar-refractivity contribution in [3.8, 4) is 0 Å². The second-order valence-electron chi connectivity index (χ2n) is 5.19. The van der Waals surface area contributed by atoms with Crippen molar-refractivity contribution in [2.45, 2.75) is 40.2 Å². The first kappa shape index (κ1) is 13.0. The number of Topliss-reactive ketones (excluding diaryl/α,β-unsaturated/α-hetero) is 1. The maximum atomic E-state index is 11.7. The molecule has 1 fully saturated rings. The van der Waals surface area contributed by atoms with E-state index in [4.69, 9.17) is 0 Å². The molecule has 0 spiro atoms. The van der Waals surface area contributed by atoms with Crippen LogP contribution in [0.2, 0.25) is 0 Å². The van der Waals surface area contributed by atoms with Crippen LogP contribution in [-0.4, -0.2) is 35.8 Å². The van der Waals surface area contributed by atoms with Crippen LogP contribution in [0.25, 0.3) is 0 Å². The van der Waals surface area contributed by atoms with Gasteiger partial charge in [0.05, 0.1) is 0 Å². The third-order valence-corrected chi connectivity index (χ3v) is 2.88. The number of carbonyl (C=O) groups is 2. The van der Waals surface area contributed by atoms with Crippen molar-refractivity contribution in [2.24, 2.45) is 11.8 Å². The molecule has 4 nitrogen and oxygen atoms in total. The highest BCUT2D eigenvalue weighted by Crippen LogP contribution is 2.11. The molecule has 1 N–H and O–H groups in total. The molecule has 4 heteroatoms. The summed E-state index contributed by atoms with van der Waals surface area (Å²) < 4.78 is 0. The number of ketones is 1. The molecule has 1 rings (SSSR count). The molecule has 16 heavy (non-hydrogen) atoms. The molecule has 0 aromatic heterocycles. The van der Waals surface area contributed by atoms with E-state index in [1.807, 2.05) is 13.8 Å². The van der Waals surface area contributed by atoms with E-state index in [0.717, 1.165) is 13.0 Å². The Kier molecular flexibility index (Phi) is 4.33. The molecule has 0 unspecified atom stereocenters. The van der Waals surface area contributed by atoms with Crippen molar-refractivity contribution in [3.63, 3.8) is 0 Å². The summed E-state index contributed by atoms with van der Waals surface area (Å²) in [5.74, 6) is 0.684. The molecule has 1 aliphatic rings. The van der Waals surface area contributed by atoms with E-state index in [9.17, 15) is 9.59 Å². The molecule has 1 aliphatic heterocycles. The molecule has 0 aromatic rings. The first-order valence-corrected chi connectivity index (χ1v) is 6.01. The molecular formula is C12H22N2O2. The van der Waals surface area contributed by atoms with Gasteiger partial charge in [-0.25, -0.2) is 4.79 Å². The molecule has 1 saturated heterocycles. The average molecular weight is 226 g/mol. The van der Waals surface area contributed by atoms with Gasteiger partial charge in [0.1, 0.15) is 6.04 Å². The van der Waals surface area contributed by atoms with E-state index >= 15 is 0 Å². The highest BCUT2D eigenvalue weighted by Gasteiger charge is 2.33. The lowest BCUT2D eigenvalue weighted by atomic mass is 10.0. The Morgan fingerprint density at radius 2 is 2.06 bits per heavy atom. The SMILES string of the molecule is CC(C)CCN1C[C@@H](C(=O)C(C)C)NC1=O. The van der Waals surface area contributed by atoms with Gasteiger partial charge in [-0.3, -0.25) is 4.79 Å². The minimum absolute atomic E-state index is 0.0182. The summed E-state index contributed by atoms with van der Waals surface area (Å²) in [6.45, 7) is 9.26. The van der Waals surface area contributed by atoms with Crippen LogP contribution in [0.3, 0.4) is 0 Å². The molecule has 0 radical (unpaired) electrons. The van der Waals surface area contributed by atoms with Crippen molar-refractivity contribution in [1.29, 1.82) is 0 Å². The quantitative estimate of drug-likeness (QED) is 0.775. The van der Waals surface area contributed by atoms with Crippen molar-refractivity contribution < 1.29 is 9.59 Å². The standard InChI is InChI=1S/C12H22N2O2/c1-8(2)5-6-14-7-10(13-12(14)16)11(15)9(3)4/h8-10H,5-7H2,1-4H3,(H,13,16)/t10-/m0/s1. The molecule has 0 aliphatic carbocycles. The topological polar surface area (TPSA) is 49.4 Å². The van der Waals surface area contributed by atoms with Crippen LogP contribution >= 0.6 is 0 Å². The zero-order chi connectivity index (χ0) is 12.3. The summed E-state index contributed by atoms with van der Waals surface area (Å²) in [6, 6.07) is -0.403. The molecule has 1 heterocycles. The minimum atomic E-state index is -0.306. The number of nitrogens with zero attached hydrogens (tertiary/aromatic N) is 1. The number of hydrogen-bond acceptors (Lipinski definition) is 2. The van der Waals surface area contributed by atoms with Gasteiger partial charge < -0.3 is 10.2 Å². The van der Waals surface area contributed by atoms with Crippen molar-refractivity contribution in [2.75, 3.05) is 13.1 Å². The van der Waals surface area contributed by atoms with Crippen molar-refractivity contribution in [3.05, 3.63) is 0 Å². The van der Waals surface area contributed by atoms with Gasteiger partial charge in [-0.15, -0.1) is 0 Å². The number of amides is 2. The number of rotatable bonds is 5. The lowest BCUT2D eigenvalue weighted by molar-refractivity contribution is -0.123. The van der Waals surface area contributed by atoms with Crippen LogP contribution < -0.4 is 5.32 Å². The molecule has 0 saturated carbocycles. The van der Waals surface area contributed by atoms with Crippen molar-refractivity contribution in [1.82, 2.24) is 10.2 Å². The largest absolute Gasteiger partial charge is 0.326 e. The maximum absolute atomic E-state index is 11.7. The first-order valence-electron chi connectivity index (χ1n) is 6.01. The Hall–Kier alpha value is -1.06. The van der Waals surface area contributed by atoms with Crippen molar-refractivity contribution >= 4 is 11.8 Å². The highest BCUT2D eigenvalue weighted by atomic mass is 16.2. The molecule has 92 valence electrons. The normalized spacial score (nSPS) is 20.8. The predicted molar refractivity (Wildman–Crippen MR) is 63.2 cm³/mol. The van der Waals surface area contributed by atoms with Gasteiger partial charge in [-0.1, -0.05) is 27.7 Å². The van der Waals surface area contributed by atoms with Crippen LogP contribution in [-0.2, 0) is 4.79 Å². The lowest BCUT2D eigenvalue weighted by Crippen LogP contribution is -2.36. The van der Waals surface area contributed by atoms with Crippen LogP contribution in [0.5, 0.6) is 0 Å². The van der Waals surface area contributed by atoms with Gasteiger partial charge in [0, 0.05) is 19.0 Å². The summed E-state index contributed by atoms with van der Waals surface area (Å²) in [6.07, 6.45) is 0.982. The van der Waals surface area contributed by atoms with Gasteiger partial charge >= 0.3 is 6.03 Å². The zero-order valence-electron chi connectivity index (χ0n) is 10.6. The first-order chi connectivity index (χ1) is 7.41. The van der Waals surface area contributed by atoms with Gasteiger partial charge in [0.15, 0.2) is 5.78 Å². The molecule has 0 bridgehead atoms. The van der Waals surface area contributed by atoms with E-state index < -0.39 is 0 Å². The third kappa shape index (κ3) is 3.22. The van der Waals surface area contributed by atoms with Gasteiger partial charge in [0.25, 0.3) is 0 Å². The van der Waals surface area contributed by atoms with Crippen LogP contribution in [0, 0.1) is 11.8 Å².